The molecule has 0 unspecified atom stereocenters. The van der Waals surface area contributed by atoms with Crippen molar-refractivity contribution in [3.8, 4) is 0 Å². The largest absolute Gasteiger partial charge is 0.399 e. The summed E-state index contributed by atoms with van der Waals surface area (Å²) in [5.41, 5.74) is 7.17. The molecule has 0 amide bonds. The molecule has 1 aromatic carbocycles. The number of aromatic amines is 1. The van der Waals surface area contributed by atoms with Gasteiger partial charge >= 0.3 is 0 Å². The van der Waals surface area contributed by atoms with E-state index in [9.17, 15) is 8.42 Å². The molecule has 1 aromatic heterocycles. The quantitative estimate of drug-likeness (QED) is 0.746. The van der Waals surface area contributed by atoms with Crippen LogP contribution in [0.1, 0.15) is 19.8 Å². The van der Waals surface area contributed by atoms with Gasteiger partial charge in [-0.25, -0.2) is 13.1 Å². The van der Waals surface area contributed by atoms with Gasteiger partial charge in [-0.2, -0.15) is 0 Å². The van der Waals surface area contributed by atoms with Crippen molar-refractivity contribution < 1.29 is 8.42 Å². The molecule has 1 aliphatic carbocycles. The monoisotopic (exact) mass is 279 g/mol. The number of fused-ring (bicyclic) bond motifs is 1. The summed E-state index contributed by atoms with van der Waals surface area (Å²) in [4.78, 5) is 3.23. The van der Waals surface area contributed by atoms with Crippen LogP contribution < -0.4 is 10.5 Å². The molecule has 102 valence electrons. The first-order valence-electron chi connectivity index (χ1n) is 6.26. The van der Waals surface area contributed by atoms with Crippen LogP contribution in [0.4, 0.5) is 5.69 Å². The number of benzene rings is 1. The molecule has 0 saturated heterocycles. The van der Waals surface area contributed by atoms with Crippen LogP contribution in [0.3, 0.4) is 0 Å². The molecular weight excluding hydrogens is 262 g/mol. The second-order valence-electron chi connectivity index (χ2n) is 5.59. The number of nitrogen functional groups attached to an aromatic ring is 1. The van der Waals surface area contributed by atoms with Crippen LogP contribution in [0.5, 0.6) is 0 Å². The van der Waals surface area contributed by atoms with Crippen molar-refractivity contribution in [1.82, 2.24) is 9.71 Å². The van der Waals surface area contributed by atoms with Gasteiger partial charge in [-0.1, -0.05) is 6.92 Å². The summed E-state index contributed by atoms with van der Waals surface area (Å²) in [5.74, 6) is 0. The van der Waals surface area contributed by atoms with Gasteiger partial charge in [0.1, 0.15) is 4.90 Å². The predicted molar refractivity (Wildman–Crippen MR) is 75.2 cm³/mol. The Kier molecular flexibility index (Phi) is 2.62. The fraction of sp³-hybridized carbons (Fsp3) is 0.385. The normalized spacial score (nSPS) is 17.7. The van der Waals surface area contributed by atoms with Gasteiger partial charge in [0.2, 0.25) is 10.0 Å². The van der Waals surface area contributed by atoms with Crippen LogP contribution in [-0.2, 0) is 10.0 Å². The maximum Gasteiger partial charge on any atom is 0.242 e. The fourth-order valence-corrected chi connectivity index (χ4v) is 3.45. The lowest BCUT2D eigenvalue weighted by Gasteiger charge is -2.10. The zero-order chi connectivity index (χ0) is 13.7. The highest BCUT2D eigenvalue weighted by Gasteiger charge is 2.38. The van der Waals surface area contributed by atoms with Crippen LogP contribution in [-0.4, -0.2) is 19.9 Å². The number of aromatic nitrogens is 1. The smallest absolute Gasteiger partial charge is 0.242 e. The molecule has 0 aliphatic heterocycles. The van der Waals surface area contributed by atoms with Crippen molar-refractivity contribution in [1.29, 1.82) is 0 Å². The Morgan fingerprint density at radius 1 is 1.42 bits per heavy atom. The van der Waals surface area contributed by atoms with E-state index in [0.717, 1.165) is 18.4 Å². The second kappa shape index (κ2) is 3.98. The van der Waals surface area contributed by atoms with Crippen molar-refractivity contribution in [2.75, 3.05) is 12.3 Å². The van der Waals surface area contributed by atoms with Crippen molar-refractivity contribution in [2.24, 2.45) is 5.41 Å². The number of hydrogen-bond acceptors (Lipinski definition) is 3. The first-order valence-corrected chi connectivity index (χ1v) is 7.74. The minimum absolute atomic E-state index is 0.142. The third-order valence-electron chi connectivity index (χ3n) is 3.75. The van der Waals surface area contributed by atoms with Crippen LogP contribution in [0, 0.1) is 5.41 Å². The molecule has 5 nitrogen and oxygen atoms in total. The van der Waals surface area contributed by atoms with Crippen LogP contribution in [0.25, 0.3) is 10.9 Å². The molecule has 0 spiro atoms. The lowest BCUT2D eigenvalue weighted by atomic mass is 10.2. The van der Waals surface area contributed by atoms with Gasteiger partial charge in [-0.05, 0) is 36.5 Å². The van der Waals surface area contributed by atoms with Gasteiger partial charge in [0.15, 0.2) is 0 Å². The number of rotatable bonds is 4. The minimum Gasteiger partial charge on any atom is -0.399 e. The van der Waals surface area contributed by atoms with E-state index < -0.39 is 10.0 Å². The third kappa shape index (κ3) is 2.33. The van der Waals surface area contributed by atoms with Gasteiger partial charge in [-0.3, -0.25) is 0 Å². The fourth-order valence-electron chi connectivity index (χ4n) is 2.08. The van der Waals surface area contributed by atoms with Crippen LogP contribution >= 0.6 is 0 Å². The molecule has 2 aromatic rings. The number of anilines is 1. The Hall–Kier alpha value is -1.53. The molecule has 0 atom stereocenters. The molecule has 4 N–H and O–H groups in total. The van der Waals surface area contributed by atoms with E-state index in [-0.39, 0.29) is 10.3 Å². The van der Waals surface area contributed by atoms with E-state index >= 15 is 0 Å². The topological polar surface area (TPSA) is 88.0 Å². The van der Waals surface area contributed by atoms with Crippen molar-refractivity contribution in [3.05, 3.63) is 24.4 Å². The lowest BCUT2D eigenvalue weighted by Crippen LogP contribution is -2.29. The molecule has 1 aliphatic rings. The average molecular weight is 279 g/mol. The summed E-state index contributed by atoms with van der Waals surface area (Å²) in [6.07, 6.45) is 3.68. The first-order chi connectivity index (χ1) is 8.90. The molecule has 3 rings (SSSR count). The van der Waals surface area contributed by atoms with E-state index in [2.05, 4.69) is 16.6 Å². The minimum atomic E-state index is -3.47. The highest BCUT2D eigenvalue weighted by atomic mass is 32.2. The number of hydrogen-bond donors (Lipinski definition) is 3. The van der Waals surface area contributed by atoms with Crippen LogP contribution in [0.2, 0.25) is 0 Å². The Balaban J connectivity index is 1.94. The van der Waals surface area contributed by atoms with E-state index in [4.69, 9.17) is 5.73 Å². The van der Waals surface area contributed by atoms with Crippen molar-refractivity contribution >= 4 is 26.6 Å². The summed E-state index contributed by atoms with van der Waals surface area (Å²) in [7, 11) is -3.47. The third-order valence-corrected chi connectivity index (χ3v) is 5.19. The molecule has 1 fully saturated rings. The Morgan fingerprint density at radius 3 is 2.84 bits per heavy atom. The Morgan fingerprint density at radius 2 is 2.16 bits per heavy atom. The standard InChI is InChI=1S/C13H17N3O2S/c1-13(4-5-13)8-16-19(17,18)12-7-15-11-6-9(14)2-3-10(11)12/h2-3,6-7,15-16H,4-5,8,14H2,1H3. The van der Waals surface area contributed by atoms with Gasteiger partial charge in [0.05, 0.1) is 0 Å². The highest BCUT2D eigenvalue weighted by molar-refractivity contribution is 7.89. The zero-order valence-electron chi connectivity index (χ0n) is 10.7. The van der Waals surface area contributed by atoms with Crippen molar-refractivity contribution in [3.63, 3.8) is 0 Å². The highest BCUT2D eigenvalue weighted by Crippen LogP contribution is 2.44. The number of nitrogens with one attached hydrogen (secondary N) is 2. The summed E-state index contributed by atoms with van der Waals surface area (Å²) < 4.78 is 27.3. The summed E-state index contributed by atoms with van der Waals surface area (Å²) in [6, 6.07) is 5.17. The molecule has 19 heavy (non-hydrogen) atoms. The summed E-state index contributed by atoms with van der Waals surface area (Å²) in [5, 5.41) is 0.669. The maximum atomic E-state index is 12.3. The molecule has 6 heteroatoms. The molecule has 0 bridgehead atoms. The molecule has 1 heterocycles. The number of sulfonamides is 1. The molecular formula is C13H17N3O2S. The number of nitrogens with two attached hydrogens (primary N) is 1. The maximum absolute atomic E-state index is 12.3. The Labute approximate surface area is 112 Å². The number of H-pyrrole nitrogens is 1. The van der Waals surface area contributed by atoms with Crippen molar-refractivity contribution in [2.45, 2.75) is 24.7 Å². The van der Waals surface area contributed by atoms with E-state index in [1.807, 2.05) is 0 Å². The summed E-state index contributed by atoms with van der Waals surface area (Å²) in [6.45, 7) is 2.59. The van der Waals surface area contributed by atoms with Gasteiger partial charge in [0.25, 0.3) is 0 Å². The van der Waals surface area contributed by atoms with Gasteiger partial charge < -0.3 is 10.7 Å². The van der Waals surface area contributed by atoms with E-state index in [0.29, 0.717) is 17.6 Å². The Bertz CT molecular complexity index is 729. The van der Waals surface area contributed by atoms with E-state index in [1.54, 1.807) is 18.2 Å². The summed E-state index contributed by atoms with van der Waals surface area (Å²) >= 11 is 0. The predicted octanol–water partition coefficient (Wildman–Crippen LogP) is 1.83. The SMILES string of the molecule is CC1(CNS(=O)(=O)c2c[nH]c3cc(N)ccc23)CC1. The van der Waals surface area contributed by atoms with E-state index in [1.165, 1.54) is 6.20 Å². The second-order valence-corrected chi connectivity index (χ2v) is 7.33. The molecule has 0 radical (unpaired) electrons. The van der Waals surface area contributed by atoms with Gasteiger partial charge in [-0.15, -0.1) is 0 Å². The lowest BCUT2D eigenvalue weighted by molar-refractivity contribution is 0.531. The first kappa shape index (κ1) is 12.5. The molecule has 1 saturated carbocycles. The average Bonchev–Trinajstić information content (AvgIpc) is 2.93. The van der Waals surface area contributed by atoms with Crippen LogP contribution in [0.15, 0.2) is 29.3 Å². The van der Waals surface area contributed by atoms with Gasteiger partial charge in [0, 0.05) is 29.3 Å². The zero-order valence-corrected chi connectivity index (χ0v) is 11.5.